The van der Waals surface area contributed by atoms with Crippen LogP contribution in [0.3, 0.4) is 0 Å². The van der Waals surface area contributed by atoms with E-state index < -0.39 is 0 Å². The lowest BCUT2D eigenvalue weighted by molar-refractivity contribution is -0.122. The molecule has 1 heterocycles. The molecule has 0 aromatic rings. The predicted octanol–water partition coefficient (Wildman–Crippen LogP) is 1.73. The van der Waals surface area contributed by atoms with Crippen molar-refractivity contribution in [2.24, 2.45) is 0 Å². The van der Waals surface area contributed by atoms with Gasteiger partial charge in [-0.2, -0.15) is 23.5 Å². The molecule has 3 nitrogen and oxygen atoms in total. The average molecular weight is 276 g/mol. The number of amides is 1. The van der Waals surface area contributed by atoms with E-state index in [0.29, 0.717) is 0 Å². The molecule has 0 aliphatic carbocycles. The maximum absolute atomic E-state index is 12.0. The highest BCUT2D eigenvalue weighted by atomic mass is 32.2. The molecule has 0 saturated carbocycles. The molecule has 1 aliphatic heterocycles. The Morgan fingerprint density at radius 3 is 2.71 bits per heavy atom. The number of hydrogen-bond acceptors (Lipinski definition) is 4. The van der Waals surface area contributed by atoms with Crippen LogP contribution in [0.1, 0.15) is 26.7 Å². The molecule has 17 heavy (non-hydrogen) atoms. The summed E-state index contributed by atoms with van der Waals surface area (Å²) in [5, 5.41) is 6.38. The third-order valence-corrected chi connectivity index (χ3v) is 6.19. The molecule has 1 rings (SSSR count). The largest absolute Gasteiger partial charge is 0.353 e. The molecule has 1 saturated heterocycles. The van der Waals surface area contributed by atoms with Gasteiger partial charge in [-0.25, -0.2) is 0 Å². The molecule has 0 aromatic heterocycles. The van der Waals surface area contributed by atoms with Crippen LogP contribution >= 0.6 is 23.5 Å². The van der Waals surface area contributed by atoms with Crippen LogP contribution in [0.25, 0.3) is 0 Å². The Morgan fingerprint density at radius 1 is 1.53 bits per heavy atom. The third-order valence-electron chi connectivity index (χ3n) is 3.54. The van der Waals surface area contributed by atoms with Crippen molar-refractivity contribution < 1.29 is 4.79 Å². The summed E-state index contributed by atoms with van der Waals surface area (Å²) < 4.78 is 0.206. The van der Waals surface area contributed by atoms with Crippen molar-refractivity contribution in [3.8, 4) is 0 Å². The van der Waals surface area contributed by atoms with Crippen molar-refractivity contribution >= 4 is 29.4 Å². The zero-order valence-electron chi connectivity index (χ0n) is 11.0. The average Bonchev–Trinajstić information content (AvgIpc) is 2.41. The summed E-state index contributed by atoms with van der Waals surface area (Å²) in [5.41, 5.74) is 0. The highest BCUT2D eigenvalue weighted by molar-refractivity contribution is 8.00. The summed E-state index contributed by atoms with van der Waals surface area (Å²) in [7, 11) is 0. The molecule has 0 aromatic carbocycles. The van der Waals surface area contributed by atoms with Gasteiger partial charge in [-0.15, -0.1) is 0 Å². The number of carbonyl (C=O) groups excluding carboxylic acids is 1. The number of hydrogen-bond donors (Lipinski definition) is 2. The van der Waals surface area contributed by atoms with E-state index in [1.807, 2.05) is 23.5 Å². The Kier molecular flexibility index (Phi) is 6.74. The first-order chi connectivity index (χ1) is 8.17. The predicted molar refractivity (Wildman–Crippen MR) is 79.0 cm³/mol. The number of carbonyl (C=O) groups is 1. The van der Waals surface area contributed by atoms with Crippen molar-refractivity contribution in [1.82, 2.24) is 10.6 Å². The molecule has 0 radical (unpaired) electrons. The van der Waals surface area contributed by atoms with Gasteiger partial charge < -0.3 is 10.6 Å². The molecular formula is C12H24N2OS2. The van der Waals surface area contributed by atoms with E-state index in [0.717, 1.165) is 37.4 Å². The first-order valence-corrected chi connectivity index (χ1v) is 8.69. The first kappa shape index (κ1) is 15.2. The van der Waals surface area contributed by atoms with Crippen molar-refractivity contribution in [2.45, 2.75) is 37.5 Å². The Labute approximate surface area is 113 Å². The zero-order chi connectivity index (χ0) is 12.7. The van der Waals surface area contributed by atoms with Crippen LogP contribution in [0.15, 0.2) is 0 Å². The van der Waals surface area contributed by atoms with Crippen LogP contribution in [-0.4, -0.2) is 47.5 Å². The van der Waals surface area contributed by atoms with Crippen LogP contribution in [-0.2, 0) is 4.79 Å². The molecule has 1 fully saturated rings. The minimum atomic E-state index is 0.00187. The van der Waals surface area contributed by atoms with Gasteiger partial charge in [0.2, 0.25) is 5.91 Å². The summed E-state index contributed by atoms with van der Waals surface area (Å²) in [4.78, 5) is 12.0. The van der Waals surface area contributed by atoms with Crippen molar-refractivity contribution in [2.75, 3.05) is 30.9 Å². The van der Waals surface area contributed by atoms with Gasteiger partial charge in [0, 0.05) is 29.3 Å². The maximum atomic E-state index is 12.0. The van der Waals surface area contributed by atoms with Gasteiger partial charge in [-0.05, 0) is 19.1 Å². The van der Waals surface area contributed by atoms with Gasteiger partial charge >= 0.3 is 0 Å². The summed E-state index contributed by atoms with van der Waals surface area (Å²) in [6.07, 6.45) is 4.32. The molecule has 5 heteroatoms. The highest BCUT2D eigenvalue weighted by Gasteiger charge is 2.27. The van der Waals surface area contributed by atoms with Crippen LogP contribution in [0.4, 0.5) is 0 Å². The fourth-order valence-corrected chi connectivity index (χ4v) is 3.69. The first-order valence-electron chi connectivity index (χ1n) is 6.31. The van der Waals surface area contributed by atoms with E-state index in [4.69, 9.17) is 0 Å². The van der Waals surface area contributed by atoms with E-state index in [1.165, 1.54) is 0 Å². The lowest BCUT2D eigenvalue weighted by Gasteiger charge is -2.31. The van der Waals surface area contributed by atoms with Crippen LogP contribution in [0.5, 0.6) is 0 Å². The molecule has 0 spiro atoms. The second-order valence-corrected chi connectivity index (χ2v) is 6.82. The summed E-state index contributed by atoms with van der Waals surface area (Å²) >= 11 is 3.72. The molecule has 1 amide bonds. The van der Waals surface area contributed by atoms with Gasteiger partial charge in [-0.1, -0.05) is 13.8 Å². The second-order valence-electron chi connectivity index (χ2n) is 4.39. The van der Waals surface area contributed by atoms with E-state index in [-0.39, 0.29) is 16.7 Å². The highest BCUT2D eigenvalue weighted by Crippen LogP contribution is 2.29. The molecule has 100 valence electrons. The minimum Gasteiger partial charge on any atom is -0.353 e. The fraction of sp³-hybridized carbons (Fsp3) is 0.917. The molecule has 0 bridgehead atoms. The standard InChI is InChI=1S/C12H24N2OS2/c1-4-12(5-2,16-3)9-14-11(15)10-8-17-7-6-13-10/h10,13H,4-9H2,1-3H3,(H,14,15). The van der Waals surface area contributed by atoms with Crippen molar-refractivity contribution in [3.63, 3.8) is 0 Å². The summed E-state index contributed by atoms with van der Waals surface area (Å²) in [5.74, 6) is 2.18. The second kappa shape index (κ2) is 7.54. The van der Waals surface area contributed by atoms with Crippen molar-refractivity contribution in [1.29, 1.82) is 0 Å². The smallest absolute Gasteiger partial charge is 0.238 e. The van der Waals surface area contributed by atoms with E-state index >= 15 is 0 Å². The summed E-state index contributed by atoms with van der Waals surface area (Å²) in [6, 6.07) is 0.00187. The molecule has 1 atom stereocenters. The number of rotatable bonds is 6. The Morgan fingerprint density at radius 2 is 2.24 bits per heavy atom. The Hall–Kier alpha value is 0.130. The molecule has 2 N–H and O–H groups in total. The van der Waals surface area contributed by atoms with E-state index in [1.54, 1.807) is 0 Å². The van der Waals surface area contributed by atoms with E-state index in [2.05, 4.69) is 30.7 Å². The van der Waals surface area contributed by atoms with Gasteiger partial charge in [0.1, 0.15) is 0 Å². The van der Waals surface area contributed by atoms with Gasteiger partial charge in [0.05, 0.1) is 6.04 Å². The van der Waals surface area contributed by atoms with Crippen molar-refractivity contribution in [3.05, 3.63) is 0 Å². The molecule has 1 unspecified atom stereocenters. The number of thioether (sulfide) groups is 2. The Balaban J connectivity index is 2.40. The van der Waals surface area contributed by atoms with Gasteiger partial charge in [0.15, 0.2) is 0 Å². The van der Waals surface area contributed by atoms with Gasteiger partial charge in [-0.3, -0.25) is 4.79 Å². The normalized spacial score (nSPS) is 21.2. The summed E-state index contributed by atoms with van der Waals surface area (Å²) in [6.45, 7) is 6.11. The maximum Gasteiger partial charge on any atom is 0.238 e. The Bertz CT molecular complexity index is 230. The van der Waals surface area contributed by atoms with Crippen LogP contribution < -0.4 is 10.6 Å². The van der Waals surface area contributed by atoms with Crippen LogP contribution in [0, 0.1) is 0 Å². The quantitative estimate of drug-likeness (QED) is 0.775. The third kappa shape index (κ3) is 4.38. The van der Waals surface area contributed by atoms with E-state index in [9.17, 15) is 4.79 Å². The lowest BCUT2D eigenvalue weighted by atomic mass is 10.0. The minimum absolute atomic E-state index is 0.00187. The number of nitrogens with one attached hydrogen (secondary N) is 2. The topological polar surface area (TPSA) is 41.1 Å². The monoisotopic (exact) mass is 276 g/mol. The SMILES string of the molecule is CCC(CC)(CNC(=O)C1CSCCN1)SC. The lowest BCUT2D eigenvalue weighted by Crippen LogP contribution is -2.51. The van der Waals surface area contributed by atoms with Gasteiger partial charge in [0.25, 0.3) is 0 Å². The zero-order valence-corrected chi connectivity index (χ0v) is 12.7. The molecule has 1 aliphatic rings. The van der Waals surface area contributed by atoms with Crippen LogP contribution in [0.2, 0.25) is 0 Å². The fourth-order valence-electron chi connectivity index (χ4n) is 1.97. The molecular weight excluding hydrogens is 252 g/mol.